The van der Waals surface area contributed by atoms with Gasteiger partial charge in [0.1, 0.15) is 0 Å². The number of carbonyl (C=O) groups excluding carboxylic acids is 2. The van der Waals surface area contributed by atoms with Crippen molar-refractivity contribution in [1.82, 2.24) is 0 Å². The quantitative estimate of drug-likeness (QED) is 0.215. The molecule has 0 aliphatic heterocycles. The number of aryl methyl sites for hydroxylation is 1. The SMILES string of the molecule is Cc1cc([N+](=O)[O-])ccc1NC(=O)C(C)Sc1cccc(NC(=O)C2CC=CCC2C(=O)O)c1. The van der Waals surface area contributed by atoms with Crippen LogP contribution < -0.4 is 10.6 Å². The zero-order chi connectivity index (χ0) is 24.8. The molecule has 3 atom stereocenters. The van der Waals surface area contributed by atoms with E-state index in [2.05, 4.69) is 10.6 Å². The van der Waals surface area contributed by atoms with Crippen molar-refractivity contribution < 1.29 is 24.4 Å². The van der Waals surface area contributed by atoms with Crippen LogP contribution in [-0.2, 0) is 14.4 Å². The van der Waals surface area contributed by atoms with Crippen LogP contribution in [-0.4, -0.2) is 33.1 Å². The van der Waals surface area contributed by atoms with E-state index < -0.39 is 28.0 Å². The van der Waals surface area contributed by atoms with E-state index in [0.717, 1.165) is 4.90 Å². The van der Waals surface area contributed by atoms with Gasteiger partial charge in [0, 0.05) is 28.4 Å². The Morgan fingerprint density at radius 1 is 1.09 bits per heavy atom. The number of nitrogens with one attached hydrogen (secondary N) is 2. The molecule has 178 valence electrons. The Kier molecular flexibility index (Phi) is 8.06. The van der Waals surface area contributed by atoms with Crippen LogP contribution in [0.25, 0.3) is 0 Å². The third-order valence-electron chi connectivity index (χ3n) is 5.55. The first-order valence-corrected chi connectivity index (χ1v) is 11.5. The highest BCUT2D eigenvalue weighted by molar-refractivity contribution is 8.00. The fourth-order valence-electron chi connectivity index (χ4n) is 3.65. The van der Waals surface area contributed by atoms with Crippen LogP contribution in [0.2, 0.25) is 0 Å². The average molecular weight is 484 g/mol. The van der Waals surface area contributed by atoms with Crippen LogP contribution >= 0.6 is 11.8 Å². The Hall–Kier alpha value is -3.66. The smallest absolute Gasteiger partial charge is 0.307 e. The fraction of sp³-hybridized carbons (Fsp3) is 0.292. The van der Waals surface area contributed by atoms with Gasteiger partial charge >= 0.3 is 5.97 Å². The van der Waals surface area contributed by atoms with Gasteiger partial charge in [-0.15, -0.1) is 11.8 Å². The molecule has 0 radical (unpaired) electrons. The molecular weight excluding hydrogens is 458 g/mol. The van der Waals surface area contributed by atoms with Gasteiger partial charge in [0.25, 0.3) is 5.69 Å². The Labute approximate surface area is 200 Å². The van der Waals surface area contributed by atoms with Crippen molar-refractivity contribution in [2.24, 2.45) is 11.8 Å². The van der Waals surface area contributed by atoms with Gasteiger partial charge in [-0.1, -0.05) is 18.2 Å². The molecule has 0 saturated heterocycles. The van der Waals surface area contributed by atoms with Gasteiger partial charge < -0.3 is 15.7 Å². The third-order valence-corrected chi connectivity index (χ3v) is 6.64. The monoisotopic (exact) mass is 483 g/mol. The molecule has 2 aromatic carbocycles. The summed E-state index contributed by atoms with van der Waals surface area (Å²) in [5, 5.41) is 25.4. The first-order chi connectivity index (χ1) is 16.2. The van der Waals surface area contributed by atoms with Gasteiger partial charge in [-0.3, -0.25) is 24.5 Å². The molecule has 3 rings (SSSR count). The lowest BCUT2D eigenvalue weighted by molar-refractivity contribution is -0.384. The van der Waals surface area contributed by atoms with Crippen LogP contribution in [0.3, 0.4) is 0 Å². The lowest BCUT2D eigenvalue weighted by Gasteiger charge is -2.24. The number of carboxylic acid groups (broad SMARTS) is 1. The van der Waals surface area contributed by atoms with Gasteiger partial charge in [0.05, 0.1) is 22.0 Å². The average Bonchev–Trinajstić information content (AvgIpc) is 2.80. The summed E-state index contributed by atoms with van der Waals surface area (Å²) in [5.74, 6) is -3.01. The number of benzene rings is 2. The number of thioether (sulfide) groups is 1. The van der Waals surface area contributed by atoms with Crippen molar-refractivity contribution in [1.29, 1.82) is 0 Å². The first kappa shape index (κ1) is 25.0. The molecule has 0 fully saturated rings. The van der Waals surface area contributed by atoms with Gasteiger partial charge in [-0.2, -0.15) is 0 Å². The highest BCUT2D eigenvalue weighted by Crippen LogP contribution is 2.30. The number of allylic oxidation sites excluding steroid dienone is 2. The van der Waals surface area contributed by atoms with Crippen molar-refractivity contribution in [3.8, 4) is 0 Å². The van der Waals surface area contributed by atoms with Crippen LogP contribution in [0.15, 0.2) is 59.5 Å². The van der Waals surface area contributed by atoms with Crippen LogP contribution in [0.4, 0.5) is 17.1 Å². The summed E-state index contributed by atoms with van der Waals surface area (Å²) >= 11 is 1.29. The van der Waals surface area contributed by atoms with Crippen LogP contribution in [0, 0.1) is 28.9 Å². The number of nitrogens with zero attached hydrogens (tertiary/aromatic N) is 1. The number of non-ortho nitro benzene ring substituents is 1. The lowest BCUT2D eigenvalue weighted by Crippen LogP contribution is -2.34. The number of hydrogen-bond acceptors (Lipinski definition) is 6. The predicted molar refractivity (Wildman–Crippen MR) is 130 cm³/mol. The largest absolute Gasteiger partial charge is 0.481 e. The number of amides is 2. The highest BCUT2D eigenvalue weighted by atomic mass is 32.2. The van der Waals surface area contributed by atoms with E-state index in [1.54, 1.807) is 38.1 Å². The summed E-state index contributed by atoms with van der Waals surface area (Å²) < 4.78 is 0. The van der Waals surface area contributed by atoms with E-state index in [1.807, 2.05) is 12.1 Å². The maximum absolute atomic E-state index is 12.7. The van der Waals surface area contributed by atoms with Gasteiger partial charge in [0.2, 0.25) is 11.8 Å². The molecule has 10 heteroatoms. The molecule has 3 N–H and O–H groups in total. The normalized spacial score (nSPS) is 18.1. The zero-order valence-electron chi connectivity index (χ0n) is 18.7. The van der Waals surface area contributed by atoms with Crippen LogP contribution in [0.1, 0.15) is 25.3 Å². The highest BCUT2D eigenvalue weighted by Gasteiger charge is 2.34. The van der Waals surface area contributed by atoms with E-state index >= 15 is 0 Å². The third kappa shape index (κ3) is 6.22. The van der Waals surface area contributed by atoms with E-state index in [9.17, 15) is 29.6 Å². The summed E-state index contributed by atoms with van der Waals surface area (Å²) in [6, 6.07) is 11.2. The molecule has 0 saturated carbocycles. The maximum atomic E-state index is 12.7. The minimum atomic E-state index is -0.989. The molecule has 2 amide bonds. The standard InChI is InChI=1S/C24H25N3O6S/c1-14-12-17(27(32)33)10-11-21(14)26-22(28)15(2)34-18-7-5-6-16(13-18)25-23(29)19-8-3-4-9-20(19)24(30)31/h3-7,10-13,15,19-20H,8-9H2,1-2H3,(H,25,29)(H,26,28)(H,30,31). The molecule has 0 bridgehead atoms. The molecule has 1 aliphatic carbocycles. The number of carboxylic acids is 1. The topological polar surface area (TPSA) is 139 Å². The summed E-state index contributed by atoms with van der Waals surface area (Å²) in [4.78, 5) is 48.0. The molecule has 2 aromatic rings. The second-order valence-electron chi connectivity index (χ2n) is 8.02. The lowest BCUT2D eigenvalue weighted by atomic mass is 9.82. The van der Waals surface area contributed by atoms with E-state index in [0.29, 0.717) is 29.8 Å². The summed E-state index contributed by atoms with van der Waals surface area (Å²) in [6.45, 7) is 3.42. The second kappa shape index (κ2) is 11.0. The minimum Gasteiger partial charge on any atom is -0.481 e. The number of nitro benzene ring substituents is 1. The van der Waals surface area contributed by atoms with Crippen molar-refractivity contribution >= 4 is 46.6 Å². The second-order valence-corrected chi connectivity index (χ2v) is 9.43. The van der Waals surface area contributed by atoms with Gasteiger partial charge in [-0.25, -0.2) is 0 Å². The molecule has 0 spiro atoms. The van der Waals surface area contributed by atoms with E-state index in [-0.39, 0.29) is 17.5 Å². The molecule has 3 unspecified atom stereocenters. The summed E-state index contributed by atoms with van der Waals surface area (Å²) in [6.07, 6.45) is 4.30. The van der Waals surface area contributed by atoms with Crippen molar-refractivity contribution in [2.75, 3.05) is 10.6 Å². The van der Waals surface area contributed by atoms with Gasteiger partial charge in [-0.05, 0) is 56.5 Å². The van der Waals surface area contributed by atoms with Gasteiger partial charge in [0.15, 0.2) is 0 Å². The van der Waals surface area contributed by atoms with Crippen molar-refractivity contribution in [2.45, 2.75) is 36.8 Å². The predicted octanol–water partition coefficient (Wildman–Crippen LogP) is 4.63. The Bertz CT molecular complexity index is 1150. The Morgan fingerprint density at radius 3 is 2.44 bits per heavy atom. The van der Waals surface area contributed by atoms with Crippen molar-refractivity contribution in [3.63, 3.8) is 0 Å². The molecule has 34 heavy (non-hydrogen) atoms. The Morgan fingerprint density at radius 2 is 1.79 bits per heavy atom. The van der Waals surface area contributed by atoms with Crippen molar-refractivity contribution in [3.05, 3.63) is 70.3 Å². The number of carbonyl (C=O) groups is 3. The summed E-state index contributed by atoms with van der Waals surface area (Å²) in [7, 11) is 0. The van der Waals surface area contributed by atoms with E-state index in [4.69, 9.17) is 0 Å². The number of anilines is 2. The Balaban J connectivity index is 1.62. The zero-order valence-corrected chi connectivity index (χ0v) is 19.5. The number of hydrogen-bond donors (Lipinski definition) is 3. The maximum Gasteiger partial charge on any atom is 0.307 e. The van der Waals surface area contributed by atoms with E-state index in [1.165, 1.54) is 30.0 Å². The number of aliphatic carboxylic acids is 1. The number of rotatable bonds is 8. The molecule has 9 nitrogen and oxygen atoms in total. The first-order valence-electron chi connectivity index (χ1n) is 10.7. The molecule has 0 heterocycles. The summed E-state index contributed by atoms with van der Waals surface area (Å²) in [5.41, 5.74) is 1.56. The number of nitro groups is 1. The minimum absolute atomic E-state index is 0.0456. The molecular formula is C24H25N3O6S. The fourth-order valence-corrected chi connectivity index (χ4v) is 4.58. The molecule has 1 aliphatic rings. The molecule has 0 aromatic heterocycles. The van der Waals surface area contributed by atoms with Crippen LogP contribution in [0.5, 0.6) is 0 Å².